The van der Waals surface area contributed by atoms with Crippen molar-refractivity contribution in [2.45, 2.75) is 32.9 Å². The molecular formula is C14H33N5O. The number of carbonyl (C=O) groups is 1. The summed E-state index contributed by atoms with van der Waals surface area (Å²) in [6.45, 7) is 10.1. The van der Waals surface area contributed by atoms with Crippen molar-refractivity contribution in [2.24, 2.45) is 5.73 Å². The largest absolute Gasteiger partial charge is 0.367 e. The van der Waals surface area contributed by atoms with Crippen molar-refractivity contribution in [1.29, 1.82) is 0 Å². The minimum Gasteiger partial charge on any atom is -0.367 e. The lowest BCUT2D eigenvalue weighted by Crippen LogP contribution is -2.52. The highest BCUT2D eigenvalue weighted by molar-refractivity contribution is 5.79. The molecule has 120 valence electrons. The first kappa shape index (κ1) is 19.3. The van der Waals surface area contributed by atoms with Gasteiger partial charge in [0, 0.05) is 0 Å². The van der Waals surface area contributed by atoms with Gasteiger partial charge in [0.2, 0.25) is 5.91 Å². The molecule has 0 aliphatic carbocycles. The van der Waals surface area contributed by atoms with Crippen LogP contribution in [-0.4, -0.2) is 75.2 Å². The predicted molar refractivity (Wildman–Crippen MR) is 84.6 cm³/mol. The number of amides is 1. The van der Waals surface area contributed by atoms with Crippen molar-refractivity contribution in [3.63, 3.8) is 0 Å². The smallest absolute Gasteiger partial charge is 0.249 e. The molecule has 0 fully saturated rings. The fraction of sp³-hybridized carbons (Fsp3) is 0.929. The lowest BCUT2D eigenvalue weighted by molar-refractivity contribution is -0.120. The second kappa shape index (κ2) is 12.1. The van der Waals surface area contributed by atoms with Gasteiger partial charge in [0.15, 0.2) is 0 Å². The van der Waals surface area contributed by atoms with Gasteiger partial charge in [-0.05, 0) is 66.2 Å². The zero-order valence-corrected chi connectivity index (χ0v) is 13.6. The Morgan fingerprint density at radius 2 is 1.55 bits per heavy atom. The Bertz CT molecular complexity index is 244. The van der Waals surface area contributed by atoms with Gasteiger partial charge in [0.05, 0.1) is 0 Å². The molecule has 1 unspecified atom stereocenters. The van der Waals surface area contributed by atoms with Crippen molar-refractivity contribution in [2.75, 3.05) is 53.4 Å². The van der Waals surface area contributed by atoms with Gasteiger partial charge in [0.1, 0.15) is 6.17 Å². The molecular weight excluding hydrogens is 254 g/mol. The van der Waals surface area contributed by atoms with Crippen LogP contribution in [0.15, 0.2) is 0 Å². The lowest BCUT2D eigenvalue weighted by Gasteiger charge is -2.20. The average Bonchev–Trinajstić information content (AvgIpc) is 2.40. The first-order valence-electron chi connectivity index (χ1n) is 7.64. The minimum absolute atomic E-state index is 0.335. The Hall–Kier alpha value is -0.690. The van der Waals surface area contributed by atoms with Gasteiger partial charge in [-0.2, -0.15) is 0 Å². The molecule has 1 atom stereocenters. The number of rotatable bonds is 13. The number of hydrogen-bond acceptors (Lipinski definition) is 5. The highest BCUT2D eigenvalue weighted by Crippen LogP contribution is 1.90. The van der Waals surface area contributed by atoms with Crippen LogP contribution in [0.1, 0.15) is 26.7 Å². The fourth-order valence-electron chi connectivity index (χ4n) is 2.00. The average molecular weight is 287 g/mol. The van der Waals surface area contributed by atoms with E-state index < -0.39 is 6.17 Å². The zero-order valence-electron chi connectivity index (χ0n) is 13.6. The molecule has 0 saturated heterocycles. The number of nitrogens with zero attached hydrogens (tertiary/aromatic N) is 2. The van der Waals surface area contributed by atoms with Gasteiger partial charge in [-0.25, -0.2) is 0 Å². The van der Waals surface area contributed by atoms with Crippen molar-refractivity contribution < 1.29 is 4.79 Å². The van der Waals surface area contributed by atoms with Crippen LogP contribution in [0.2, 0.25) is 0 Å². The van der Waals surface area contributed by atoms with E-state index >= 15 is 0 Å². The van der Waals surface area contributed by atoms with Crippen LogP contribution >= 0.6 is 0 Å². The zero-order chi connectivity index (χ0) is 15.4. The molecule has 0 heterocycles. The molecule has 0 saturated carbocycles. The standard InChI is InChI=1S/C14H33N5O/c1-5-19(6-2)12-8-10-17-14(13(15)20)16-9-7-11-18(3)4/h14,16-17H,5-12H2,1-4H3,(H2,15,20). The Balaban J connectivity index is 3.77. The van der Waals surface area contributed by atoms with E-state index in [-0.39, 0.29) is 5.91 Å². The predicted octanol–water partition coefficient (Wildman–Crippen LogP) is -0.339. The second-order valence-electron chi connectivity index (χ2n) is 5.28. The molecule has 0 rings (SSSR count). The Kier molecular flexibility index (Phi) is 11.7. The molecule has 0 aliphatic rings. The molecule has 6 heteroatoms. The molecule has 0 aromatic rings. The van der Waals surface area contributed by atoms with E-state index in [0.717, 1.165) is 52.1 Å². The summed E-state index contributed by atoms with van der Waals surface area (Å²) >= 11 is 0. The molecule has 0 spiro atoms. The third kappa shape index (κ3) is 10.1. The number of carbonyl (C=O) groups excluding carboxylic acids is 1. The van der Waals surface area contributed by atoms with E-state index in [2.05, 4.69) is 34.3 Å². The number of primary amides is 1. The minimum atomic E-state index is -0.422. The quantitative estimate of drug-likeness (QED) is 0.319. The highest BCUT2D eigenvalue weighted by Gasteiger charge is 2.12. The van der Waals surface area contributed by atoms with Crippen LogP contribution in [0.5, 0.6) is 0 Å². The molecule has 20 heavy (non-hydrogen) atoms. The summed E-state index contributed by atoms with van der Waals surface area (Å²) in [7, 11) is 4.08. The van der Waals surface area contributed by atoms with Gasteiger partial charge < -0.3 is 15.5 Å². The molecule has 0 bridgehead atoms. The van der Waals surface area contributed by atoms with Crippen molar-refractivity contribution >= 4 is 5.91 Å². The molecule has 0 aromatic heterocycles. The first-order chi connectivity index (χ1) is 9.51. The first-order valence-corrected chi connectivity index (χ1v) is 7.64. The third-order valence-electron chi connectivity index (χ3n) is 3.31. The van der Waals surface area contributed by atoms with Gasteiger partial charge in [-0.15, -0.1) is 0 Å². The highest BCUT2D eigenvalue weighted by atomic mass is 16.1. The maximum absolute atomic E-state index is 11.3. The topological polar surface area (TPSA) is 73.6 Å². The molecule has 1 amide bonds. The Morgan fingerprint density at radius 3 is 1.95 bits per heavy atom. The summed E-state index contributed by atoms with van der Waals surface area (Å²) < 4.78 is 0. The van der Waals surface area contributed by atoms with Crippen LogP contribution < -0.4 is 16.4 Å². The van der Waals surface area contributed by atoms with Crippen molar-refractivity contribution in [3.8, 4) is 0 Å². The summed E-state index contributed by atoms with van der Waals surface area (Å²) in [5.41, 5.74) is 5.39. The molecule has 0 aliphatic heterocycles. The van der Waals surface area contributed by atoms with E-state index in [1.54, 1.807) is 0 Å². The maximum atomic E-state index is 11.3. The molecule has 0 aromatic carbocycles. The van der Waals surface area contributed by atoms with Crippen LogP contribution in [-0.2, 0) is 4.79 Å². The normalized spacial score (nSPS) is 13.1. The maximum Gasteiger partial charge on any atom is 0.249 e. The Labute approximate surface area is 124 Å². The summed E-state index contributed by atoms with van der Waals surface area (Å²) in [4.78, 5) is 15.8. The van der Waals surface area contributed by atoms with E-state index in [1.807, 2.05) is 14.1 Å². The monoisotopic (exact) mass is 287 g/mol. The van der Waals surface area contributed by atoms with Crippen LogP contribution in [0.4, 0.5) is 0 Å². The van der Waals surface area contributed by atoms with Gasteiger partial charge in [0.25, 0.3) is 0 Å². The van der Waals surface area contributed by atoms with E-state index in [1.165, 1.54) is 0 Å². The van der Waals surface area contributed by atoms with E-state index in [4.69, 9.17) is 5.73 Å². The second-order valence-corrected chi connectivity index (χ2v) is 5.28. The van der Waals surface area contributed by atoms with Gasteiger partial charge >= 0.3 is 0 Å². The van der Waals surface area contributed by atoms with Crippen LogP contribution in [0.3, 0.4) is 0 Å². The van der Waals surface area contributed by atoms with Gasteiger partial charge in [-0.1, -0.05) is 13.8 Å². The lowest BCUT2D eigenvalue weighted by atomic mass is 10.3. The van der Waals surface area contributed by atoms with Gasteiger partial charge in [-0.3, -0.25) is 15.4 Å². The summed E-state index contributed by atoms with van der Waals surface area (Å²) in [5, 5.41) is 6.35. The third-order valence-corrected chi connectivity index (χ3v) is 3.31. The summed E-state index contributed by atoms with van der Waals surface area (Å²) in [6.07, 6.45) is 1.59. The number of nitrogens with two attached hydrogens (primary N) is 1. The molecule has 6 nitrogen and oxygen atoms in total. The summed E-state index contributed by atoms with van der Waals surface area (Å²) in [6, 6.07) is 0. The van der Waals surface area contributed by atoms with E-state index in [0.29, 0.717) is 0 Å². The number of hydrogen-bond donors (Lipinski definition) is 3. The van der Waals surface area contributed by atoms with Crippen molar-refractivity contribution in [3.05, 3.63) is 0 Å². The van der Waals surface area contributed by atoms with E-state index in [9.17, 15) is 4.79 Å². The fourth-order valence-corrected chi connectivity index (χ4v) is 2.00. The Morgan fingerprint density at radius 1 is 1.05 bits per heavy atom. The molecule has 0 radical (unpaired) electrons. The molecule has 4 N–H and O–H groups in total. The number of nitrogens with one attached hydrogen (secondary N) is 2. The van der Waals surface area contributed by atoms with Crippen molar-refractivity contribution in [1.82, 2.24) is 20.4 Å². The van der Waals surface area contributed by atoms with Crippen LogP contribution in [0, 0.1) is 0 Å². The SMILES string of the molecule is CCN(CC)CCCNC(NCCCN(C)C)C(N)=O. The van der Waals surface area contributed by atoms with Crippen LogP contribution in [0.25, 0.3) is 0 Å². The summed E-state index contributed by atoms with van der Waals surface area (Å²) in [5.74, 6) is -0.335.